The van der Waals surface area contributed by atoms with Gasteiger partial charge in [-0.3, -0.25) is 0 Å². The van der Waals surface area contributed by atoms with E-state index in [9.17, 15) is 5.11 Å². The van der Waals surface area contributed by atoms with Crippen molar-refractivity contribution in [2.24, 2.45) is 0 Å². The fraction of sp³-hybridized carbons (Fsp3) is 0.429. The predicted octanol–water partition coefficient (Wildman–Crippen LogP) is 3.30. The van der Waals surface area contributed by atoms with E-state index < -0.39 is 5.60 Å². The van der Waals surface area contributed by atoms with Gasteiger partial charge < -0.3 is 9.84 Å². The Morgan fingerprint density at radius 3 is 2.63 bits per heavy atom. The highest BCUT2D eigenvalue weighted by Crippen LogP contribution is 2.34. The Balaban J connectivity index is 2.74. The van der Waals surface area contributed by atoms with Crippen LogP contribution in [0.15, 0.2) is 18.5 Å². The summed E-state index contributed by atoms with van der Waals surface area (Å²) in [4.78, 5) is 8.34. The van der Waals surface area contributed by atoms with Gasteiger partial charge in [0.25, 0.3) is 0 Å². The molecule has 2 aromatic heterocycles. The number of hydrogen-bond acceptors (Lipinski definition) is 4. The first-order chi connectivity index (χ1) is 8.99. The summed E-state index contributed by atoms with van der Waals surface area (Å²) in [7, 11) is 0. The van der Waals surface area contributed by atoms with Gasteiger partial charge in [0.1, 0.15) is 5.15 Å². The number of hydrogen-bond donors (Lipinski definition) is 1. The summed E-state index contributed by atoms with van der Waals surface area (Å²) >= 11 is 5.96. The van der Waals surface area contributed by atoms with Crippen LogP contribution in [-0.4, -0.2) is 21.7 Å². The van der Waals surface area contributed by atoms with Crippen molar-refractivity contribution in [3.63, 3.8) is 0 Å². The molecule has 2 rings (SSSR count). The number of aromatic nitrogens is 2. The third-order valence-corrected chi connectivity index (χ3v) is 3.46. The molecule has 0 unspecified atom stereocenters. The summed E-state index contributed by atoms with van der Waals surface area (Å²) in [5, 5.41) is 12.4. The number of nitrogens with zero attached hydrogens (tertiary/aromatic N) is 2. The predicted molar refractivity (Wildman–Crippen MR) is 75.6 cm³/mol. The summed E-state index contributed by atoms with van der Waals surface area (Å²) in [6.07, 6.45) is 3.86. The van der Waals surface area contributed by atoms with Crippen molar-refractivity contribution >= 4 is 22.4 Å². The van der Waals surface area contributed by atoms with E-state index in [2.05, 4.69) is 9.97 Å². The number of pyridine rings is 2. The average molecular weight is 281 g/mol. The summed E-state index contributed by atoms with van der Waals surface area (Å²) in [5.74, 6) is 0.511. The minimum absolute atomic E-state index is 0.384. The van der Waals surface area contributed by atoms with Crippen molar-refractivity contribution in [1.29, 1.82) is 0 Å². The van der Waals surface area contributed by atoms with Gasteiger partial charge in [-0.2, -0.15) is 0 Å². The molecule has 0 saturated carbocycles. The van der Waals surface area contributed by atoms with Crippen molar-refractivity contribution in [1.82, 2.24) is 9.97 Å². The molecule has 0 saturated heterocycles. The Morgan fingerprint density at radius 2 is 2.00 bits per heavy atom. The average Bonchev–Trinajstić information content (AvgIpc) is 2.38. The Labute approximate surface area is 117 Å². The zero-order valence-electron chi connectivity index (χ0n) is 11.3. The molecule has 19 heavy (non-hydrogen) atoms. The lowest BCUT2D eigenvalue weighted by atomic mass is 9.91. The first kappa shape index (κ1) is 14.0. The standard InChI is InChI=1S/C14H17ClN2O2/c1-4-14(3,18)11-8-17-13(19-5-2)10-7-16-12(15)6-9(10)11/h6-8,18H,4-5H2,1-3H3/t14-/m0/s1. The summed E-state index contributed by atoms with van der Waals surface area (Å²) in [6.45, 7) is 6.10. The zero-order valence-corrected chi connectivity index (χ0v) is 12.0. The van der Waals surface area contributed by atoms with Crippen LogP contribution in [0.5, 0.6) is 5.88 Å². The molecule has 0 fully saturated rings. The van der Waals surface area contributed by atoms with E-state index in [1.54, 1.807) is 25.4 Å². The van der Waals surface area contributed by atoms with Gasteiger partial charge >= 0.3 is 0 Å². The number of aliphatic hydroxyl groups is 1. The third-order valence-electron chi connectivity index (χ3n) is 3.25. The molecule has 4 nitrogen and oxygen atoms in total. The van der Waals surface area contributed by atoms with Crippen LogP contribution >= 0.6 is 11.6 Å². The van der Waals surface area contributed by atoms with Gasteiger partial charge in [-0.15, -0.1) is 0 Å². The van der Waals surface area contributed by atoms with E-state index in [4.69, 9.17) is 16.3 Å². The monoisotopic (exact) mass is 280 g/mol. The van der Waals surface area contributed by atoms with Gasteiger partial charge in [0, 0.05) is 18.0 Å². The van der Waals surface area contributed by atoms with E-state index in [-0.39, 0.29) is 0 Å². The highest BCUT2D eigenvalue weighted by Gasteiger charge is 2.25. The van der Waals surface area contributed by atoms with Crippen LogP contribution < -0.4 is 4.74 Å². The molecule has 2 aromatic rings. The van der Waals surface area contributed by atoms with Gasteiger partial charge in [0.05, 0.1) is 17.6 Å². The minimum Gasteiger partial charge on any atom is -0.477 e. The molecule has 1 atom stereocenters. The van der Waals surface area contributed by atoms with E-state index >= 15 is 0 Å². The molecule has 0 aliphatic heterocycles. The first-order valence-electron chi connectivity index (χ1n) is 6.29. The summed E-state index contributed by atoms with van der Waals surface area (Å²) in [6, 6.07) is 1.74. The molecule has 0 aliphatic carbocycles. The van der Waals surface area contributed by atoms with E-state index in [1.165, 1.54) is 0 Å². The van der Waals surface area contributed by atoms with Crippen LogP contribution in [0.1, 0.15) is 32.8 Å². The van der Waals surface area contributed by atoms with Crippen LogP contribution in [0.3, 0.4) is 0 Å². The van der Waals surface area contributed by atoms with E-state index in [0.717, 1.165) is 16.3 Å². The van der Waals surface area contributed by atoms with Crippen LogP contribution in [0, 0.1) is 0 Å². The molecule has 0 radical (unpaired) electrons. The van der Waals surface area contributed by atoms with Gasteiger partial charge in [-0.25, -0.2) is 9.97 Å². The van der Waals surface area contributed by atoms with Crippen molar-refractivity contribution in [3.8, 4) is 5.88 Å². The SMILES string of the molecule is CCOc1ncc([C@@](C)(O)CC)c2cc(Cl)ncc12. The zero-order chi connectivity index (χ0) is 14.0. The van der Waals surface area contributed by atoms with Crippen molar-refractivity contribution in [3.05, 3.63) is 29.2 Å². The molecule has 0 spiro atoms. The molecular formula is C14H17ClN2O2. The van der Waals surface area contributed by atoms with E-state index in [0.29, 0.717) is 24.1 Å². The Hall–Kier alpha value is -1.39. The molecule has 0 aromatic carbocycles. The van der Waals surface area contributed by atoms with Crippen molar-refractivity contribution in [2.75, 3.05) is 6.61 Å². The van der Waals surface area contributed by atoms with Gasteiger partial charge in [0.2, 0.25) is 5.88 Å². The largest absolute Gasteiger partial charge is 0.477 e. The van der Waals surface area contributed by atoms with Crippen LogP contribution in [0.2, 0.25) is 5.15 Å². The Morgan fingerprint density at radius 1 is 1.26 bits per heavy atom. The minimum atomic E-state index is -0.958. The van der Waals surface area contributed by atoms with Crippen LogP contribution in [0.25, 0.3) is 10.8 Å². The molecule has 5 heteroatoms. The number of fused-ring (bicyclic) bond motifs is 1. The second-order valence-electron chi connectivity index (χ2n) is 4.59. The lowest BCUT2D eigenvalue weighted by molar-refractivity contribution is 0.0542. The van der Waals surface area contributed by atoms with Gasteiger partial charge in [-0.1, -0.05) is 18.5 Å². The molecule has 102 valence electrons. The maximum Gasteiger partial charge on any atom is 0.222 e. The van der Waals surface area contributed by atoms with Crippen LogP contribution in [-0.2, 0) is 5.60 Å². The molecule has 0 amide bonds. The van der Waals surface area contributed by atoms with Crippen molar-refractivity contribution < 1.29 is 9.84 Å². The normalized spacial score (nSPS) is 14.4. The van der Waals surface area contributed by atoms with Gasteiger partial charge in [-0.05, 0) is 31.7 Å². The highest BCUT2D eigenvalue weighted by molar-refractivity contribution is 6.30. The highest BCUT2D eigenvalue weighted by atomic mass is 35.5. The number of halogens is 1. The summed E-state index contributed by atoms with van der Waals surface area (Å²) in [5.41, 5.74) is -0.224. The fourth-order valence-corrected chi connectivity index (χ4v) is 2.11. The quantitative estimate of drug-likeness (QED) is 0.873. The second-order valence-corrected chi connectivity index (χ2v) is 4.98. The molecular weight excluding hydrogens is 264 g/mol. The lowest BCUT2D eigenvalue weighted by Crippen LogP contribution is -2.20. The third kappa shape index (κ3) is 2.65. The Kier molecular flexibility index (Phi) is 3.92. The first-order valence-corrected chi connectivity index (χ1v) is 6.67. The van der Waals surface area contributed by atoms with Crippen molar-refractivity contribution in [2.45, 2.75) is 32.8 Å². The maximum atomic E-state index is 10.5. The van der Waals surface area contributed by atoms with Crippen LogP contribution in [0.4, 0.5) is 0 Å². The molecule has 1 N–H and O–H groups in total. The smallest absolute Gasteiger partial charge is 0.222 e. The Bertz CT molecular complexity index is 599. The number of ether oxygens (including phenoxy) is 1. The topological polar surface area (TPSA) is 55.2 Å². The molecule has 0 bridgehead atoms. The maximum absolute atomic E-state index is 10.5. The lowest BCUT2D eigenvalue weighted by Gasteiger charge is -2.23. The fourth-order valence-electron chi connectivity index (χ4n) is 1.96. The molecule has 2 heterocycles. The van der Waals surface area contributed by atoms with Gasteiger partial charge in [0.15, 0.2) is 0 Å². The molecule has 0 aliphatic rings. The number of rotatable bonds is 4. The van der Waals surface area contributed by atoms with E-state index in [1.807, 2.05) is 13.8 Å². The second kappa shape index (κ2) is 5.31. The summed E-state index contributed by atoms with van der Waals surface area (Å²) < 4.78 is 5.48.